The summed E-state index contributed by atoms with van der Waals surface area (Å²) in [5.41, 5.74) is 2.42. The normalized spacial score (nSPS) is 22.3. The molecule has 1 unspecified atom stereocenters. The van der Waals surface area contributed by atoms with E-state index in [4.69, 9.17) is 5.11 Å². The molecule has 3 rings (SSSR count). The fourth-order valence-electron chi connectivity index (χ4n) is 2.54. The van der Waals surface area contributed by atoms with Gasteiger partial charge >= 0.3 is 0 Å². The molecule has 1 saturated heterocycles. The molecule has 2 amide bonds. The largest absolute Gasteiger partial charge is 0.396 e. The lowest BCUT2D eigenvalue weighted by Crippen LogP contribution is -2.25. The van der Waals surface area contributed by atoms with Crippen molar-refractivity contribution in [3.8, 4) is 0 Å². The van der Waals surface area contributed by atoms with Crippen molar-refractivity contribution in [3.63, 3.8) is 0 Å². The zero-order chi connectivity index (χ0) is 12.7. The van der Waals surface area contributed by atoms with Crippen molar-refractivity contribution >= 4 is 17.5 Å². The first-order chi connectivity index (χ1) is 8.69. The van der Waals surface area contributed by atoms with Crippen LogP contribution >= 0.6 is 0 Å². The van der Waals surface area contributed by atoms with E-state index in [-0.39, 0.29) is 24.3 Å². The number of hydrogen-bond donors (Lipinski definition) is 2. The molecule has 5 heteroatoms. The lowest BCUT2D eigenvalue weighted by molar-refractivity contribution is -0.117. The number of benzene rings is 1. The topological polar surface area (TPSA) is 69.6 Å². The quantitative estimate of drug-likeness (QED) is 0.787. The zero-order valence-electron chi connectivity index (χ0n) is 9.85. The smallest absolute Gasteiger partial charge is 0.251 e. The van der Waals surface area contributed by atoms with Gasteiger partial charge in [0.25, 0.3) is 5.91 Å². The van der Waals surface area contributed by atoms with E-state index in [1.165, 1.54) is 0 Å². The maximum absolute atomic E-state index is 11.8. The monoisotopic (exact) mass is 246 g/mol. The predicted octanol–water partition coefficient (Wildman–Crippen LogP) is 0.275. The molecule has 0 aromatic heterocycles. The minimum absolute atomic E-state index is 0.0190. The Morgan fingerprint density at radius 3 is 2.94 bits per heavy atom. The number of aliphatic hydroxyl groups excluding tert-OH is 1. The van der Waals surface area contributed by atoms with Crippen LogP contribution in [0.1, 0.15) is 22.3 Å². The summed E-state index contributed by atoms with van der Waals surface area (Å²) in [7, 11) is 0. The minimum atomic E-state index is -0.0578. The van der Waals surface area contributed by atoms with E-state index < -0.39 is 0 Å². The van der Waals surface area contributed by atoms with Gasteiger partial charge in [-0.15, -0.1) is 0 Å². The van der Waals surface area contributed by atoms with Crippen molar-refractivity contribution in [3.05, 3.63) is 29.3 Å². The van der Waals surface area contributed by atoms with Crippen molar-refractivity contribution in [2.24, 2.45) is 5.92 Å². The summed E-state index contributed by atoms with van der Waals surface area (Å²) in [6.07, 6.45) is 0.394. The van der Waals surface area contributed by atoms with Crippen LogP contribution in [0.15, 0.2) is 18.2 Å². The number of aliphatic hydroxyl groups is 1. The second-order valence-corrected chi connectivity index (χ2v) is 4.78. The fourth-order valence-corrected chi connectivity index (χ4v) is 2.54. The maximum atomic E-state index is 11.8. The van der Waals surface area contributed by atoms with E-state index in [1.54, 1.807) is 17.0 Å². The SMILES string of the molecule is O=C1NCc2cc(N3CC(CO)CC3=O)ccc21. The number of rotatable bonds is 2. The molecule has 94 valence electrons. The molecule has 18 heavy (non-hydrogen) atoms. The Hall–Kier alpha value is -1.88. The molecule has 2 heterocycles. The highest BCUT2D eigenvalue weighted by Crippen LogP contribution is 2.28. The molecule has 0 spiro atoms. The van der Waals surface area contributed by atoms with E-state index in [1.807, 2.05) is 6.07 Å². The molecular weight excluding hydrogens is 232 g/mol. The number of carbonyl (C=O) groups excluding carboxylic acids is 2. The highest BCUT2D eigenvalue weighted by molar-refractivity contribution is 6.00. The first-order valence-electron chi connectivity index (χ1n) is 6.01. The number of amides is 2. The summed E-state index contributed by atoms with van der Waals surface area (Å²) in [5.74, 6) is -0.00525. The molecule has 1 aromatic rings. The van der Waals surface area contributed by atoms with Crippen LogP contribution in [-0.4, -0.2) is 30.1 Å². The molecule has 1 atom stereocenters. The fraction of sp³-hybridized carbons (Fsp3) is 0.385. The van der Waals surface area contributed by atoms with Gasteiger partial charge in [-0.05, 0) is 23.8 Å². The molecule has 0 aliphatic carbocycles. The van der Waals surface area contributed by atoms with Crippen LogP contribution < -0.4 is 10.2 Å². The van der Waals surface area contributed by atoms with Crippen molar-refractivity contribution in [1.29, 1.82) is 0 Å². The Balaban J connectivity index is 1.90. The Kier molecular flexibility index (Phi) is 2.56. The number of fused-ring (bicyclic) bond motifs is 1. The van der Waals surface area contributed by atoms with Gasteiger partial charge in [-0.3, -0.25) is 9.59 Å². The minimum Gasteiger partial charge on any atom is -0.396 e. The average Bonchev–Trinajstić information content (AvgIpc) is 2.93. The highest BCUT2D eigenvalue weighted by Gasteiger charge is 2.31. The van der Waals surface area contributed by atoms with Gasteiger partial charge in [-0.1, -0.05) is 0 Å². The van der Waals surface area contributed by atoms with Crippen molar-refractivity contribution in [2.75, 3.05) is 18.1 Å². The lowest BCUT2D eigenvalue weighted by atomic mass is 10.1. The Morgan fingerprint density at radius 2 is 2.22 bits per heavy atom. The summed E-state index contributed by atoms with van der Waals surface area (Å²) in [6.45, 7) is 1.11. The Bertz CT molecular complexity index is 527. The van der Waals surface area contributed by atoms with Crippen LogP contribution in [0.3, 0.4) is 0 Å². The molecule has 2 aliphatic rings. The first-order valence-corrected chi connectivity index (χ1v) is 6.01. The van der Waals surface area contributed by atoms with Gasteiger partial charge in [0.1, 0.15) is 0 Å². The number of hydrogen-bond acceptors (Lipinski definition) is 3. The van der Waals surface area contributed by atoms with Crippen molar-refractivity contribution in [2.45, 2.75) is 13.0 Å². The number of nitrogens with one attached hydrogen (secondary N) is 1. The third-order valence-electron chi connectivity index (χ3n) is 3.55. The van der Waals surface area contributed by atoms with E-state index in [0.29, 0.717) is 25.1 Å². The van der Waals surface area contributed by atoms with Gasteiger partial charge in [0.2, 0.25) is 5.91 Å². The van der Waals surface area contributed by atoms with E-state index in [2.05, 4.69) is 5.32 Å². The van der Waals surface area contributed by atoms with E-state index in [9.17, 15) is 9.59 Å². The second kappa shape index (κ2) is 4.10. The van der Waals surface area contributed by atoms with Crippen LogP contribution in [0.2, 0.25) is 0 Å². The zero-order valence-corrected chi connectivity index (χ0v) is 9.85. The molecule has 0 radical (unpaired) electrons. The molecule has 5 nitrogen and oxygen atoms in total. The maximum Gasteiger partial charge on any atom is 0.251 e. The van der Waals surface area contributed by atoms with Gasteiger partial charge in [0.05, 0.1) is 0 Å². The predicted molar refractivity (Wildman–Crippen MR) is 65.2 cm³/mol. The third kappa shape index (κ3) is 1.67. The molecule has 2 N–H and O–H groups in total. The van der Waals surface area contributed by atoms with Gasteiger partial charge in [0, 0.05) is 43.3 Å². The number of carbonyl (C=O) groups is 2. The van der Waals surface area contributed by atoms with E-state index >= 15 is 0 Å². The molecule has 1 fully saturated rings. The number of nitrogens with zero attached hydrogens (tertiary/aromatic N) is 1. The Morgan fingerprint density at radius 1 is 1.39 bits per heavy atom. The first kappa shape index (κ1) is 11.2. The van der Waals surface area contributed by atoms with Gasteiger partial charge in [-0.25, -0.2) is 0 Å². The van der Waals surface area contributed by atoms with Crippen molar-refractivity contribution < 1.29 is 14.7 Å². The summed E-state index contributed by atoms with van der Waals surface area (Å²) < 4.78 is 0. The van der Waals surface area contributed by atoms with E-state index in [0.717, 1.165) is 11.3 Å². The second-order valence-electron chi connectivity index (χ2n) is 4.78. The van der Waals surface area contributed by atoms with Gasteiger partial charge < -0.3 is 15.3 Å². The van der Waals surface area contributed by atoms with Crippen LogP contribution in [0, 0.1) is 5.92 Å². The molecule has 1 aromatic carbocycles. The highest BCUT2D eigenvalue weighted by atomic mass is 16.3. The average molecular weight is 246 g/mol. The molecule has 0 saturated carbocycles. The van der Waals surface area contributed by atoms with Crippen LogP contribution in [0.4, 0.5) is 5.69 Å². The van der Waals surface area contributed by atoms with Gasteiger partial charge in [0.15, 0.2) is 0 Å². The Labute approximate surface area is 104 Å². The van der Waals surface area contributed by atoms with Crippen LogP contribution in [-0.2, 0) is 11.3 Å². The number of anilines is 1. The molecular formula is C13H14N2O3. The molecule has 2 aliphatic heterocycles. The lowest BCUT2D eigenvalue weighted by Gasteiger charge is -2.17. The summed E-state index contributed by atoms with van der Waals surface area (Å²) >= 11 is 0. The third-order valence-corrected chi connectivity index (χ3v) is 3.55. The standard InChI is InChI=1S/C13H14N2O3/c16-7-8-3-12(17)15(6-8)10-1-2-11-9(4-10)5-14-13(11)18/h1-2,4,8,16H,3,5-7H2,(H,14,18). The van der Waals surface area contributed by atoms with Crippen LogP contribution in [0.25, 0.3) is 0 Å². The summed E-state index contributed by atoms with van der Waals surface area (Å²) in [6, 6.07) is 5.43. The summed E-state index contributed by atoms with van der Waals surface area (Å²) in [4.78, 5) is 25.0. The molecule has 0 bridgehead atoms. The van der Waals surface area contributed by atoms with Gasteiger partial charge in [-0.2, -0.15) is 0 Å². The van der Waals surface area contributed by atoms with Crippen LogP contribution in [0.5, 0.6) is 0 Å². The van der Waals surface area contributed by atoms with Crippen molar-refractivity contribution in [1.82, 2.24) is 5.32 Å². The summed E-state index contributed by atoms with van der Waals surface area (Å²) in [5, 5.41) is 11.9.